The van der Waals surface area contributed by atoms with Gasteiger partial charge in [-0.3, -0.25) is 0 Å². The summed E-state index contributed by atoms with van der Waals surface area (Å²) >= 11 is 2.31. The van der Waals surface area contributed by atoms with E-state index in [1.807, 2.05) is 6.07 Å². The quantitative estimate of drug-likeness (QED) is 0.421. The number of anilines is 1. The van der Waals surface area contributed by atoms with Crippen LogP contribution in [0.4, 0.5) is 5.69 Å². The molecule has 0 spiro atoms. The van der Waals surface area contributed by atoms with Gasteiger partial charge in [-0.25, -0.2) is 0 Å². The van der Waals surface area contributed by atoms with E-state index in [-0.39, 0.29) is 0 Å². The summed E-state index contributed by atoms with van der Waals surface area (Å²) in [4.78, 5) is 0. The van der Waals surface area contributed by atoms with Crippen LogP contribution >= 0.6 is 22.6 Å². The third kappa shape index (κ3) is 5.39. The van der Waals surface area contributed by atoms with Crippen LogP contribution in [0.3, 0.4) is 0 Å². The molecular weight excluding hydrogens is 449 g/mol. The van der Waals surface area contributed by atoms with Gasteiger partial charge in [-0.05, 0) is 77.4 Å². The number of halogens is 1. The first kappa shape index (κ1) is 19.5. The maximum absolute atomic E-state index is 6.07. The molecule has 0 heterocycles. The topological polar surface area (TPSA) is 30.5 Å². The summed E-state index contributed by atoms with van der Waals surface area (Å²) in [5, 5.41) is 3.46. The molecule has 0 aliphatic heterocycles. The van der Waals surface area contributed by atoms with Gasteiger partial charge in [0.15, 0.2) is 11.5 Å². The Labute approximate surface area is 174 Å². The van der Waals surface area contributed by atoms with Crippen molar-refractivity contribution in [3.8, 4) is 11.5 Å². The lowest BCUT2D eigenvalue weighted by Crippen LogP contribution is -2.04. The second-order valence-electron chi connectivity index (χ2n) is 6.61. The van der Waals surface area contributed by atoms with Crippen LogP contribution < -0.4 is 14.8 Å². The van der Waals surface area contributed by atoms with Crippen molar-refractivity contribution in [1.82, 2.24) is 0 Å². The molecule has 3 aromatic rings. The fourth-order valence-electron chi connectivity index (χ4n) is 2.81. The first-order valence-corrected chi connectivity index (χ1v) is 9.98. The smallest absolute Gasteiger partial charge is 0.174 e. The highest BCUT2D eigenvalue weighted by Gasteiger charge is 2.12. The molecule has 0 bridgehead atoms. The molecule has 0 radical (unpaired) electrons. The fraction of sp³-hybridized carbons (Fsp3) is 0.217. The molecule has 0 saturated heterocycles. The van der Waals surface area contributed by atoms with Crippen molar-refractivity contribution in [2.24, 2.45) is 0 Å². The molecule has 0 amide bonds. The Bertz CT molecular complexity index is 907. The summed E-state index contributed by atoms with van der Waals surface area (Å²) in [5.74, 6) is 1.55. The van der Waals surface area contributed by atoms with Crippen LogP contribution in [0.5, 0.6) is 11.5 Å². The summed E-state index contributed by atoms with van der Waals surface area (Å²) in [5.41, 5.74) is 5.90. The normalized spacial score (nSPS) is 10.5. The van der Waals surface area contributed by atoms with Gasteiger partial charge in [-0.1, -0.05) is 42.0 Å². The average Bonchev–Trinajstić information content (AvgIpc) is 2.66. The van der Waals surface area contributed by atoms with Gasteiger partial charge >= 0.3 is 0 Å². The Balaban J connectivity index is 1.71. The zero-order valence-electron chi connectivity index (χ0n) is 15.9. The molecular formula is C23H24INO2. The van der Waals surface area contributed by atoms with Crippen LogP contribution in [0.1, 0.15) is 22.3 Å². The first-order valence-electron chi connectivity index (χ1n) is 8.90. The molecule has 0 aromatic heterocycles. The Morgan fingerprint density at radius 1 is 0.889 bits per heavy atom. The maximum Gasteiger partial charge on any atom is 0.174 e. The van der Waals surface area contributed by atoms with Crippen LogP contribution in [-0.4, -0.2) is 7.11 Å². The van der Waals surface area contributed by atoms with E-state index < -0.39 is 0 Å². The van der Waals surface area contributed by atoms with Gasteiger partial charge in [-0.15, -0.1) is 0 Å². The van der Waals surface area contributed by atoms with E-state index in [0.717, 1.165) is 38.4 Å². The molecule has 0 unspecified atom stereocenters. The van der Waals surface area contributed by atoms with Crippen molar-refractivity contribution in [3.63, 3.8) is 0 Å². The van der Waals surface area contributed by atoms with Gasteiger partial charge in [0, 0.05) is 12.2 Å². The molecule has 0 aliphatic carbocycles. The van der Waals surface area contributed by atoms with Crippen molar-refractivity contribution >= 4 is 28.3 Å². The summed E-state index contributed by atoms with van der Waals surface area (Å²) in [6.45, 7) is 5.43. The number of nitrogens with one attached hydrogen (secondary N) is 1. The van der Waals surface area contributed by atoms with E-state index in [2.05, 4.69) is 96.4 Å². The van der Waals surface area contributed by atoms with Crippen LogP contribution in [0.15, 0.2) is 60.7 Å². The molecule has 140 valence electrons. The minimum atomic E-state index is 0.521. The third-order valence-electron chi connectivity index (χ3n) is 4.31. The monoisotopic (exact) mass is 473 g/mol. The van der Waals surface area contributed by atoms with Gasteiger partial charge in [0.1, 0.15) is 6.61 Å². The Morgan fingerprint density at radius 2 is 1.67 bits per heavy atom. The predicted molar refractivity (Wildman–Crippen MR) is 120 cm³/mol. The molecule has 0 saturated carbocycles. The zero-order valence-corrected chi connectivity index (χ0v) is 18.0. The average molecular weight is 473 g/mol. The molecule has 27 heavy (non-hydrogen) atoms. The highest BCUT2D eigenvalue weighted by atomic mass is 127. The zero-order chi connectivity index (χ0) is 19.2. The lowest BCUT2D eigenvalue weighted by Gasteiger charge is -2.15. The first-order chi connectivity index (χ1) is 13.0. The number of hydrogen-bond donors (Lipinski definition) is 1. The Kier molecular flexibility index (Phi) is 6.61. The molecule has 3 aromatic carbocycles. The predicted octanol–water partition coefficient (Wildman–Crippen LogP) is 6.11. The highest BCUT2D eigenvalue weighted by molar-refractivity contribution is 14.1. The fourth-order valence-corrected chi connectivity index (χ4v) is 3.64. The molecule has 0 fully saturated rings. The van der Waals surface area contributed by atoms with Crippen molar-refractivity contribution in [1.29, 1.82) is 0 Å². The van der Waals surface area contributed by atoms with Crippen molar-refractivity contribution in [2.45, 2.75) is 27.0 Å². The number of ether oxygens (including phenoxy) is 2. The van der Waals surface area contributed by atoms with Gasteiger partial charge in [0.25, 0.3) is 0 Å². The largest absolute Gasteiger partial charge is 0.493 e. The second kappa shape index (κ2) is 9.13. The van der Waals surface area contributed by atoms with E-state index >= 15 is 0 Å². The molecule has 0 atom stereocenters. The number of aryl methyl sites for hydroxylation is 2. The van der Waals surface area contributed by atoms with Crippen LogP contribution in [-0.2, 0) is 13.2 Å². The Hall–Kier alpha value is -2.21. The number of hydrogen-bond acceptors (Lipinski definition) is 3. The Morgan fingerprint density at radius 3 is 2.37 bits per heavy atom. The van der Waals surface area contributed by atoms with Crippen molar-refractivity contribution in [3.05, 3.63) is 86.5 Å². The van der Waals surface area contributed by atoms with Gasteiger partial charge < -0.3 is 14.8 Å². The van der Waals surface area contributed by atoms with E-state index in [1.165, 1.54) is 11.1 Å². The van der Waals surface area contributed by atoms with E-state index in [0.29, 0.717) is 6.61 Å². The van der Waals surface area contributed by atoms with E-state index in [9.17, 15) is 0 Å². The molecule has 3 rings (SSSR count). The number of methoxy groups -OCH3 is 1. The molecule has 0 aliphatic rings. The molecule has 4 heteroatoms. The van der Waals surface area contributed by atoms with E-state index in [4.69, 9.17) is 9.47 Å². The lowest BCUT2D eigenvalue weighted by molar-refractivity contribution is 0.282. The van der Waals surface area contributed by atoms with Crippen molar-refractivity contribution < 1.29 is 9.47 Å². The maximum atomic E-state index is 6.07. The van der Waals surface area contributed by atoms with Gasteiger partial charge in [0.2, 0.25) is 0 Å². The third-order valence-corrected chi connectivity index (χ3v) is 5.11. The number of benzene rings is 3. The van der Waals surface area contributed by atoms with Crippen LogP contribution in [0, 0.1) is 17.4 Å². The van der Waals surface area contributed by atoms with Crippen molar-refractivity contribution in [2.75, 3.05) is 12.4 Å². The summed E-state index contributed by atoms with van der Waals surface area (Å²) < 4.78 is 12.7. The second-order valence-corrected chi connectivity index (χ2v) is 7.77. The summed E-state index contributed by atoms with van der Waals surface area (Å²) in [6.07, 6.45) is 0. The SMILES string of the molecule is COc1cc(CNc2cccc(C)c2)cc(I)c1OCc1ccc(C)cc1. The molecule has 3 nitrogen and oxygen atoms in total. The standard InChI is InChI=1S/C23H24INO2/c1-16-7-9-18(10-8-16)15-27-23-21(24)12-19(13-22(23)26-3)14-25-20-6-4-5-17(2)11-20/h4-13,25H,14-15H2,1-3H3. The van der Waals surface area contributed by atoms with E-state index in [1.54, 1.807) is 7.11 Å². The lowest BCUT2D eigenvalue weighted by atomic mass is 10.1. The van der Waals surface area contributed by atoms with Crippen LogP contribution in [0.25, 0.3) is 0 Å². The van der Waals surface area contributed by atoms with Gasteiger partial charge in [0.05, 0.1) is 10.7 Å². The minimum absolute atomic E-state index is 0.521. The minimum Gasteiger partial charge on any atom is -0.493 e. The van der Waals surface area contributed by atoms with Gasteiger partial charge in [-0.2, -0.15) is 0 Å². The highest BCUT2D eigenvalue weighted by Crippen LogP contribution is 2.34. The number of rotatable bonds is 7. The molecule has 1 N–H and O–H groups in total. The van der Waals surface area contributed by atoms with Crippen LogP contribution in [0.2, 0.25) is 0 Å². The summed E-state index contributed by atoms with van der Waals surface area (Å²) in [7, 11) is 1.68. The summed E-state index contributed by atoms with van der Waals surface area (Å²) in [6, 6.07) is 20.9.